The second-order valence-corrected chi connectivity index (χ2v) is 9.78. The number of amides is 3. The van der Waals surface area contributed by atoms with Crippen molar-refractivity contribution in [2.45, 2.75) is 70.6 Å². The molecule has 8 nitrogen and oxygen atoms in total. The smallest absolute Gasteiger partial charge is 0.408 e. The van der Waals surface area contributed by atoms with Crippen molar-refractivity contribution >= 4 is 35.8 Å². The molecule has 0 heterocycles. The lowest BCUT2D eigenvalue weighted by molar-refractivity contribution is -0.130. The normalized spacial score (nSPS) is 19.4. The van der Waals surface area contributed by atoms with Gasteiger partial charge in [0.2, 0.25) is 11.8 Å². The number of aldehydes is 1. The molecule has 2 atom stereocenters. The molecule has 1 fully saturated rings. The maximum atomic E-state index is 13.0. The third-order valence-electron chi connectivity index (χ3n) is 6.23. The average Bonchev–Trinajstić information content (AvgIpc) is 2.81. The molecule has 2 N–H and O–H groups in total. The summed E-state index contributed by atoms with van der Waals surface area (Å²) in [4.78, 5) is 50.3. The molecule has 0 spiro atoms. The molecular formula is C25H36ClN3O5. The predicted octanol–water partition coefficient (Wildman–Crippen LogP) is 3.70. The summed E-state index contributed by atoms with van der Waals surface area (Å²) in [5, 5.41) is 5.90. The van der Waals surface area contributed by atoms with Crippen molar-refractivity contribution < 1.29 is 23.9 Å². The predicted molar refractivity (Wildman–Crippen MR) is 130 cm³/mol. The van der Waals surface area contributed by atoms with Gasteiger partial charge in [0.05, 0.1) is 6.04 Å². The summed E-state index contributed by atoms with van der Waals surface area (Å²) in [7, 11) is 3.27. The van der Waals surface area contributed by atoms with Crippen LogP contribution >= 0.6 is 11.6 Å². The SMILES string of the molecule is CC1CCC(CC(NC(=O)OCc2cccc(Cl)c2)C(=O)N[C@H](C=O)CCC(=O)N(C)C)CC1. The van der Waals surface area contributed by atoms with E-state index < -0.39 is 24.1 Å². The van der Waals surface area contributed by atoms with Gasteiger partial charge in [-0.15, -0.1) is 0 Å². The Hall–Kier alpha value is -2.61. The van der Waals surface area contributed by atoms with Crippen molar-refractivity contribution in [3.05, 3.63) is 34.9 Å². The summed E-state index contributed by atoms with van der Waals surface area (Å²) >= 11 is 5.97. The van der Waals surface area contributed by atoms with Crippen molar-refractivity contribution in [1.82, 2.24) is 15.5 Å². The summed E-state index contributed by atoms with van der Waals surface area (Å²) in [6, 6.07) is 5.33. The van der Waals surface area contributed by atoms with Crippen molar-refractivity contribution in [2.24, 2.45) is 11.8 Å². The van der Waals surface area contributed by atoms with Crippen LogP contribution in [0.5, 0.6) is 0 Å². The van der Waals surface area contributed by atoms with Gasteiger partial charge in [-0.1, -0.05) is 56.3 Å². The number of nitrogens with zero attached hydrogens (tertiary/aromatic N) is 1. The third-order valence-corrected chi connectivity index (χ3v) is 6.47. The molecule has 0 bridgehead atoms. The Balaban J connectivity index is 1.98. The molecule has 1 aliphatic carbocycles. The molecule has 2 rings (SSSR count). The summed E-state index contributed by atoms with van der Waals surface area (Å²) < 4.78 is 5.30. The Morgan fingerprint density at radius 3 is 2.50 bits per heavy atom. The molecule has 1 saturated carbocycles. The van der Waals surface area contributed by atoms with E-state index in [4.69, 9.17) is 16.3 Å². The van der Waals surface area contributed by atoms with Crippen molar-refractivity contribution in [1.29, 1.82) is 0 Å². The summed E-state index contributed by atoms with van der Waals surface area (Å²) in [5.41, 5.74) is 0.733. The maximum absolute atomic E-state index is 13.0. The van der Waals surface area contributed by atoms with Gasteiger partial charge in [-0.25, -0.2) is 4.79 Å². The number of hydrogen-bond acceptors (Lipinski definition) is 5. The van der Waals surface area contributed by atoms with Crippen molar-refractivity contribution in [3.8, 4) is 0 Å². The van der Waals surface area contributed by atoms with Crippen LogP contribution in [0.2, 0.25) is 5.02 Å². The number of benzene rings is 1. The van der Waals surface area contributed by atoms with Gasteiger partial charge in [0, 0.05) is 25.5 Å². The molecule has 1 aromatic rings. The van der Waals surface area contributed by atoms with Crippen LogP contribution in [0.15, 0.2) is 24.3 Å². The molecule has 1 aromatic carbocycles. The first-order valence-corrected chi connectivity index (χ1v) is 12.2. The number of carbonyl (C=O) groups is 4. The van der Waals surface area contributed by atoms with Gasteiger partial charge in [0.25, 0.3) is 0 Å². The fourth-order valence-corrected chi connectivity index (χ4v) is 4.26. The highest BCUT2D eigenvalue weighted by molar-refractivity contribution is 6.30. The molecule has 3 amide bonds. The molecule has 34 heavy (non-hydrogen) atoms. The van der Waals surface area contributed by atoms with E-state index in [-0.39, 0.29) is 25.4 Å². The molecule has 9 heteroatoms. The number of alkyl carbamates (subject to hydrolysis) is 1. The minimum atomic E-state index is -0.836. The largest absolute Gasteiger partial charge is 0.445 e. The average molecular weight is 494 g/mol. The molecule has 1 aliphatic rings. The van der Waals surface area contributed by atoms with Gasteiger partial charge >= 0.3 is 6.09 Å². The van der Waals surface area contributed by atoms with E-state index in [1.54, 1.807) is 38.4 Å². The first kappa shape index (κ1) is 27.6. The fourth-order valence-electron chi connectivity index (χ4n) is 4.05. The lowest BCUT2D eigenvalue weighted by atomic mass is 9.80. The Morgan fingerprint density at radius 2 is 1.88 bits per heavy atom. The molecular weight excluding hydrogens is 458 g/mol. The van der Waals surface area contributed by atoms with Gasteiger partial charge in [0.1, 0.15) is 18.9 Å². The number of rotatable bonds is 11. The van der Waals surface area contributed by atoms with Crippen LogP contribution in [-0.2, 0) is 25.7 Å². The molecule has 0 radical (unpaired) electrons. The zero-order valence-corrected chi connectivity index (χ0v) is 21.0. The van der Waals surface area contributed by atoms with Crippen LogP contribution in [0, 0.1) is 11.8 Å². The molecule has 0 aromatic heterocycles. The van der Waals surface area contributed by atoms with Gasteiger partial charge in [-0.3, -0.25) is 9.59 Å². The van der Waals surface area contributed by atoms with Gasteiger partial charge < -0.3 is 25.1 Å². The first-order chi connectivity index (χ1) is 16.2. The van der Waals surface area contributed by atoms with E-state index in [2.05, 4.69) is 17.6 Å². The third kappa shape index (κ3) is 9.71. The number of halogens is 1. The number of nitrogens with one attached hydrogen (secondary N) is 2. The zero-order chi connectivity index (χ0) is 25.1. The Morgan fingerprint density at radius 1 is 1.18 bits per heavy atom. The Kier molecular flexibility index (Phi) is 11.3. The standard InChI is InChI=1S/C25H36ClN3O5/c1-17-7-9-18(10-8-17)14-22(24(32)27-21(15-30)11-12-23(31)29(2)3)28-25(33)34-16-19-5-4-6-20(26)13-19/h4-6,13,15,17-18,21-22H,7-12,14,16H2,1-3H3,(H,27,32)(H,28,33)/t17?,18?,21-,22?/m0/s1. The Labute approximate surface area is 206 Å². The van der Waals surface area contributed by atoms with Crippen LogP contribution in [0.3, 0.4) is 0 Å². The number of carbonyl (C=O) groups excluding carboxylic acids is 4. The van der Waals surface area contributed by atoms with Crippen LogP contribution in [0.1, 0.15) is 57.4 Å². The van der Waals surface area contributed by atoms with Crippen molar-refractivity contribution in [2.75, 3.05) is 14.1 Å². The zero-order valence-electron chi connectivity index (χ0n) is 20.2. The molecule has 1 unspecified atom stereocenters. The van der Waals surface area contributed by atoms with Crippen LogP contribution in [0.4, 0.5) is 4.79 Å². The maximum Gasteiger partial charge on any atom is 0.408 e. The second-order valence-electron chi connectivity index (χ2n) is 9.34. The minimum Gasteiger partial charge on any atom is -0.445 e. The number of hydrogen-bond donors (Lipinski definition) is 2. The van der Waals surface area contributed by atoms with E-state index in [0.29, 0.717) is 29.6 Å². The highest BCUT2D eigenvalue weighted by Crippen LogP contribution is 2.31. The lowest BCUT2D eigenvalue weighted by Crippen LogP contribution is -2.51. The second kappa shape index (κ2) is 13.9. The first-order valence-electron chi connectivity index (χ1n) is 11.8. The Bertz CT molecular complexity index is 840. The van der Waals surface area contributed by atoms with Gasteiger partial charge in [-0.2, -0.15) is 0 Å². The quantitative estimate of drug-likeness (QED) is 0.457. The van der Waals surface area contributed by atoms with Crippen LogP contribution < -0.4 is 10.6 Å². The van der Waals surface area contributed by atoms with Gasteiger partial charge in [-0.05, 0) is 42.4 Å². The van der Waals surface area contributed by atoms with E-state index in [0.717, 1.165) is 31.2 Å². The van der Waals surface area contributed by atoms with E-state index in [1.807, 2.05) is 0 Å². The monoisotopic (exact) mass is 493 g/mol. The summed E-state index contributed by atoms with van der Waals surface area (Å²) in [5.74, 6) is 0.377. The fraction of sp³-hybridized carbons (Fsp3) is 0.600. The highest BCUT2D eigenvalue weighted by Gasteiger charge is 2.29. The summed E-state index contributed by atoms with van der Waals surface area (Å²) in [6.45, 7) is 2.24. The van der Waals surface area contributed by atoms with E-state index in [9.17, 15) is 19.2 Å². The van der Waals surface area contributed by atoms with Gasteiger partial charge in [0.15, 0.2) is 0 Å². The molecule has 0 aliphatic heterocycles. The van der Waals surface area contributed by atoms with E-state index >= 15 is 0 Å². The topological polar surface area (TPSA) is 105 Å². The molecule has 188 valence electrons. The highest BCUT2D eigenvalue weighted by atomic mass is 35.5. The molecule has 0 saturated heterocycles. The van der Waals surface area contributed by atoms with Crippen LogP contribution in [-0.4, -0.2) is 55.3 Å². The summed E-state index contributed by atoms with van der Waals surface area (Å²) in [6.07, 6.45) is 4.84. The number of ether oxygens (including phenoxy) is 1. The van der Waals surface area contributed by atoms with Crippen LogP contribution in [0.25, 0.3) is 0 Å². The minimum absolute atomic E-state index is 0.0191. The van der Waals surface area contributed by atoms with E-state index in [1.165, 1.54) is 4.90 Å². The van der Waals surface area contributed by atoms with Crippen molar-refractivity contribution in [3.63, 3.8) is 0 Å². The lowest BCUT2D eigenvalue weighted by Gasteiger charge is -2.29.